The second-order valence-corrected chi connectivity index (χ2v) is 8.52. The Hall–Kier alpha value is -2.76. The van der Waals surface area contributed by atoms with Gasteiger partial charge in [0.25, 0.3) is 0 Å². The molecule has 0 aliphatic carbocycles. The molecular formula is C20H20FN3O3S. The first kappa shape index (κ1) is 20.0. The van der Waals surface area contributed by atoms with E-state index in [9.17, 15) is 22.9 Å². The van der Waals surface area contributed by atoms with E-state index < -0.39 is 27.8 Å². The first-order valence-corrected chi connectivity index (χ1v) is 10.4. The molecule has 1 fully saturated rings. The van der Waals surface area contributed by atoms with E-state index in [2.05, 4.69) is 5.32 Å². The zero-order valence-electron chi connectivity index (χ0n) is 15.1. The second kappa shape index (κ2) is 8.50. The van der Waals surface area contributed by atoms with Gasteiger partial charge in [0.2, 0.25) is 15.9 Å². The normalized spacial score (nSPS) is 16.9. The third-order valence-electron chi connectivity index (χ3n) is 4.84. The topological polar surface area (TPSA) is 90.3 Å². The van der Waals surface area contributed by atoms with Crippen molar-refractivity contribution in [1.29, 1.82) is 5.26 Å². The molecule has 1 aliphatic rings. The molecule has 0 saturated carbocycles. The van der Waals surface area contributed by atoms with E-state index in [0.29, 0.717) is 12.8 Å². The summed E-state index contributed by atoms with van der Waals surface area (Å²) in [5, 5.41) is 11.9. The third-order valence-corrected chi connectivity index (χ3v) is 6.75. The number of hydrogen-bond donors (Lipinski definition) is 1. The molecule has 2 aromatic rings. The summed E-state index contributed by atoms with van der Waals surface area (Å²) >= 11 is 0. The van der Waals surface area contributed by atoms with Crippen molar-refractivity contribution in [3.63, 3.8) is 0 Å². The van der Waals surface area contributed by atoms with Crippen LogP contribution in [0.5, 0.6) is 0 Å². The van der Waals surface area contributed by atoms with Crippen LogP contribution in [-0.2, 0) is 14.8 Å². The zero-order valence-corrected chi connectivity index (χ0v) is 15.9. The van der Waals surface area contributed by atoms with Crippen molar-refractivity contribution in [2.24, 2.45) is 5.92 Å². The van der Waals surface area contributed by atoms with E-state index in [0.717, 1.165) is 0 Å². The van der Waals surface area contributed by atoms with Crippen LogP contribution in [0.15, 0.2) is 59.5 Å². The van der Waals surface area contributed by atoms with Crippen LogP contribution in [0.3, 0.4) is 0 Å². The molecule has 1 N–H and O–H groups in total. The molecule has 3 rings (SSSR count). The molecule has 2 aromatic carbocycles. The lowest BCUT2D eigenvalue weighted by molar-refractivity contribution is -0.126. The molecule has 1 unspecified atom stereocenters. The summed E-state index contributed by atoms with van der Waals surface area (Å²) < 4.78 is 40.6. The lowest BCUT2D eigenvalue weighted by Crippen LogP contribution is -2.43. The van der Waals surface area contributed by atoms with Crippen LogP contribution >= 0.6 is 0 Å². The summed E-state index contributed by atoms with van der Waals surface area (Å²) in [6.07, 6.45) is 0.681. The smallest absolute Gasteiger partial charge is 0.243 e. The van der Waals surface area contributed by atoms with Gasteiger partial charge in [0.1, 0.15) is 11.9 Å². The van der Waals surface area contributed by atoms with Crippen molar-refractivity contribution >= 4 is 15.9 Å². The summed E-state index contributed by atoms with van der Waals surface area (Å²) in [5.41, 5.74) is 0.113. The predicted molar refractivity (Wildman–Crippen MR) is 101 cm³/mol. The van der Waals surface area contributed by atoms with Gasteiger partial charge < -0.3 is 5.32 Å². The number of amides is 1. The number of nitrogens with zero attached hydrogens (tertiary/aromatic N) is 2. The molecule has 0 radical (unpaired) electrons. The van der Waals surface area contributed by atoms with E-state index in [1.54, 1.807) is 36.4 Å². The Morgan fingerprint density at radius 3 is 2.32 bits per heavy atom. The molecule has 1 heterocycles. The summed E-state index contributed by atoms with van der Waals surface area (Å²) in [6.45, 7) is 0.429. The molecule has 1 aliphatic heterocycles. The zero-order chi connectivity index (χ0) is 20.1. The quantitative estimate of drug-likeness (QED) is 0.834. The molecule has 1 amide bonds. The van der Waals surface area contributed by atoms with Crippen molar-refractivity contribution < 1.29 is 17.6 Å². The van der Waals surface area contributed by atoms with Crippen molar-refractivity contribution in [3.8, 4) is 6.07 Å². The van der Waals surface area contributed by atoms with Gasteiger partial charge in [-0.15, -0.1) is 0 Å². The Bertz CT molecular complexity index is 981. The fourth-order valence-electron chi connectivity index (χ4n) is 3.25. The highest BCUT2D eigenvalue weighted by Crippen LogP contribution is 2.25. The Morgan fingerprint density at radius 1 is 1.11 bits per heavy atom. The number of piperidine rings is 1. The largest absolute Gasteiger partial charge is 0.336 e. The number of benzene rings is 2. The Morgan fingerprint density at radius 2 is 1.71 bits per heavy atom. The van der Waals surface area contributed by atoms with Crippen LogP contribution in [0.2, 0.25) is 0 Å². The highest BCUT2D eigenvalue weighted by Gasteiger charge is 2.33. The van der Waals surface area contributed by atoms with Crippen LogP contribution in [-0.4, -0.2) is 31.7 Å². The molecule has 28 heavy (non-hydrogen) atoms. The van der Waals surface area contributed by atoms with E-state index in [4.69, 9.17) is 0 Å². The van der Waals surface area contributed by atoms with E-state index in [1.165, 1.54) is 22.5 Å². The maximum absolute atomic E-state index is 13.9. The van der Waals surface area contributed by atoms with Gasteiger partial charge in [0.05, 0.1) is 11.0 Å². The average Bonchev–Trinajstić information content (AvgIpc) is 2.73. The molecule has 8 heteroatoms. The molecule has 6 nitrogen and oxygen atoms in total. The first-order valence-electron chi connectivity index (χ1n) is 8.93. The molecule has 1 saturated heterocycles. The second-order valence-electron chi connectivity index (χ2n) is 6.58. The molecule has 1 atom stereocenters. The maximum Gasteiger partial charge on any atom is 0.243 e. The SMILES string of the molecule is N#CC(NC(=O)C1CCN(S(=O)(=O)c2ccccc2)CC1)c1ccccc1F. The molecule has 146 valence electrons. The fraction of sp³-hybridized carbons (Fsp3) is 0.300. The standard InChI is InChI=1S/C20H20FN3O3S/c21-18-9-5-4-8-17(18)19(14-22)23-20(25)15-10-12-24(13-11-15)28(26,27)16-6-2-1-3-7-16/h1-9,15,19H,10-13H2,(H,23,25). The number of nitrogens with one attached hydrogen (secondary N) is 1. The number of carbonyl (C=O) groups excluding carboxylic acids is 1. The van der Waals surface area contributed by atoms with E-state index in [1.807, 2.05) is 6.07 Å². The molecular weight excluding hydrogens is 381 g/mol. The van der Waals surface area contributed by atoms with Gasteiger partial charge in [-0.05, 0) is 31.0 Å². The lowest BCUT2D eigenvalue weighted by Gasteiger charge is -2.31. The van der Waals surface area contributed by atoms with Crippen LogP contribution < -0.4 is 5.32 Å². The van der Waals surface area contributed by atoms with Crippen LogP contribution in [0, 0.1) is 23.1 Å². The number of hydrogen-bond acceptors (Lipinski definition) is 4. The lowest BCUT2D eigenvalue weighted by atomic mass is 9.96. The van der Waals surface area contributed by atoms with Gasteiger partial charge in [0.15, 0.2) is 0 Å². The van der Waals surface area contributed by atoms with E-state index in [-0.39, 0.29) is 29.5 Å². The van der Waals surface area contributed by atoms with E-state index >= 15 is 0 Å². The van der Waals surface area contributed by atoms with Gasteiger partial charge >= 0.3 is 0 Å². The fourth-order valence-corrected chi connectivity index (χ4v) is 4.74. The van der Waals surface area contributed by atoms with Gasteiger partial charge in [-0.2, -0.15) is 9.57 Å². The number of nitriles is 1. The Labute approximate surface area is 163 Å². The highest BCUT2D eigenvalue weighted by molar-refractivity contribution is 7.89. The van der Waals surface area contributed by atoms with Crippen LogP contribution in [0.25, 0.3) is 0 Å². The van der Waals surface area contributed by atoms with Gasteiger partial charge in [-0.1, -0.05) is 36.4 Å². The average molecular weight is 401 g/mol. The Balaban J connectivity index is 1.63. The number of rotatable bonds is 5. The van der Waals surface area contributed by atoms with Gasteiger partial charge in [0, 0.05) is 24.6 Å². The summed E-state index contributed by atoms with van der Waals surface area (Å²) in [6, 6.07) is 14.8. The van der Waals surface area contributed by atoms with Crippen molar-refractivity contribution in [1.82, 2.24) is 9.62 Å². The molecule has 0 aromatic heterocycles. The predicted octanol–water partition coefficient (Wildman–Crippen LogP) is 2.61. The summed E-state index contributed by atoms with van der Waals surface area (Å²) in [5.74, 6) is -1.35. The van der Waals surface area contributed by atoms with Crippen LogP contribution in [0.4, 0.5) is 4.39 Å². The van der Waals surface area contributed by atoms with Crippen molar-refractivity contribution in [2.75, 3.05) is 13.1 Å². The van der Waals surface area contributed by atoms with Crippen molar-refractivity contribution in [3.05, 3.63) is 66.0 Å². The molecule has 0 bridgehead atoms. The molecule has 0 spiro atoms. The maximum atomic E-state index is 13.9. The summed E-state index contributed by atoms with van der Waals surface area (Å²) in [4.78, 5) is 12.7. The van der Waals surface area contributed by atoms with Crippen molar-refractivity contribution in [2.45, 2.75) is 23.8 Å². The number of halogens is 1. The number of carbonyl (C=O) groups is 1. The van der Waals surface area contributed by atoms with Crippen LogP contribution in [0.1, 0.15) is 24.4 Å². The monoisotopic (exact) mass is 401 g/mol. The van der Waals surface area contributed by atoms with Gasteiger partial charge in [-0.25, -0.2) is 12.8 Å². The Kier molecular flexibility index (Phi) is 6.07. The third kappa shape index (κ3) is 4.21. The summed E-state index contributed by atoms with van der Waals surface area (Å²) in [7, 11) is -3.59. The minimum Gasteiger partial charge on any atom is -0.336 e. The number of sulfonamides is 1. The minimum atomic E-state index is -3.59. The first-order chi connectivity index (χ1) is 13.4. The minimum absolute atomic E-state index is 0.113. The highest BCUT2D eigenvalue weighted by atomic mass is 32.2. The van der Waals surface area contributed by atoms with Gasteiger partial charge in [-0.3, -0.25) is 4.79 Å².